The molecule has 0 atom stereocenters. The van der Waals surface area contributed by atoms with Gasteiger partial charge in [0.05, 0.1) is 0 Å². The third-order valence-corrected chi connectivity index (χ3v) is 3.27. The Morgan fingerprint density at radius 1 is 0.706 bits per heavy atom. The van der Waals surface area contributed by atoms with Crippen molar-refractivity contribution in [3.05, 3.63) is 0 Å². The first-order valence-corrected chi connectivity index (χ1v) is 7.20. The molecular weight excluding hydrogens is 206 g/mol. The van der Waals surface area contributed by atoms with Crippen molar-refractivity contribution in [2.45, 2.75) is 93.2 Å². The zero-order valence-corrected chi connectivity index (χ0v) is 12.4. The molecule has 0 amide bonds. The van der Waals surface area contributed by atoms with Crippen LogP contribution in [0.25, 0.3) is 0 Å². The van der Waals surface area contributed by atoms with Gasteiger partial charge in [0, 0.05) is 12.1 Å². The molecule has 0 aromatic rings. The monoisotopic (exact) mass is 243 g/mol. The summed E-state index contributed by atoms with van der Waals surface area (Å²) in [5, 5.41) is 0. The van der Waals surface area contributed by atoms with Crippen LogP contribution in [0.4, 0.5) is 0 Å². The van der Waals surface area contributed by atoms with E-state index in [1.807, 2.05) is 0 Å². The van der Waals surface area contributed by atoms with Crippen LogP contribution in [0.5, 0.6) is 0 Å². The quantitative estimate of drug-likeness (QED) is 0.494. The Morgan fingerprint density at radius 2 is 1.18 bits per heavy atom. The van der Waals surface area contributed by atoms with Crippen LogP contribution < -0.4 is 0 Å². The fourth-order valence-corrected chi connectivity index (χ4v) is 2.31. The number of hydrogen-bond acceptors (Lipinski definition) is 1. The van der Waals surface area contributed by atoms with Crippen molar-refractivity contribution in [2.75, 3.05) is 6.54 Å². The van der Waals surface area contributed by atoms with Gasteiger partial charge in [-0.05, 0) is 46.6 Å². The van der Waals surface area contributed by atoms with Gasteiger partial charge in [-0.1, -0.05) is 47.0 Å². The Balaban J connectivity index is 0. The largest absolute Gasteiger partial charge is 0.299 e. The number of nitrogens with zero attached hydrogens (tertiary/aromatic N) is 1. The third kappa shape index (κ3) is 10.8. The van der Waals surface area contributed by atoms with Crippen LogP contribution in [0.15, 0.2) is 0 Å². The number of hydrogen-bond donors (Lipinski definition) is 0. The zero-order chi connectivity index (χ0) is 12.6. The van der Waals surface area contributed by atoms with E-state index in [2.05, 4.69) is 46.4 Å². The van der Waals surface area contributed by atoms with Gasteiger partial charge >= 0.3 is 0 Å². The summed E-state index contributed by atoms with van der Waals surface area (Å²) in [6.07, 6.45) is 7.01. The summed E-state index contributed by atoms with van der Waals surface area (Å²) >= 11 is 0. The molecule has 0 aromatic heterocycles. The molecular formula is C16H37N. The fourth-order valence-electron chi connectivity index (χ4n) is 2.31. The van der Waals surface area contributed by atoms with E-state index < -0.39 is 0 Å². The second-order valence-electron chi connectivity index (χ2n) is 6.02. The highest BCUT2D eigenvalue weighted by molar-refractivity contribution is 4.67. The molecule has 17 heavy (non-hydrogen) atoms. The predicted octanol–water partition coefficient (Wildman–Crippen LogP) is 5.35. The Bertz CT molecular complexity index is 142. The van der Waals surface area contributed by atoms with E-state index in [-0.39, 0.29) is 7.43 Å². The number of unbranched alkanes of at least 4 members (excludes halogenated alkanes) is 3. The van der Waals surface area contributed by atoms with Crippen molar-refractivity contribution in [3.63, 3.8) is 0 Å². The summed E-state index contributed by atoms with van der Waals surface area (Å²) in [4.78, 5) is 2.60. The van der Waals surface area contributed by atoms with Crippen molar-refractivity contribution in [1.82, 2.24) is 4.90 Å². The molecule has 0 saturated carbocycles. The lowest BCUT2D eigenvalue weighted by Crippen LogP contribution is -2.37. The Labute approximate surface area is 111 Å². The Kier molecular flexibility index (Phi) is 12.6. The van der Waals surface area contributed by atoms with Crippen molar-refractivity contribution in [2.24, 2.45) is 5.92 Å². The minimum absolute atomic E-state index is 0. The van der Waals surface area contributed by atoms with Crippen LogP contribution in [-0.2, 0) is 0 Å². The van der Waals surface area contributed by atoms with Crippen LogP contribution in [0.1, 0.15) is 81.1 Å². The summed E-state index contributed by atoms with van der Waals surface area (Å²) in [6, 6.07) is 1.38. The molecule has 0 aliphatic heterocycles. The normalized spacial score (nSPS) is 11.6. The third-order valence-electron chi connectivity index (χ3n) is 3.27. The molecule has 0 aromatic carbocycles. The molecule has 0 saturated heterocycles. The van der Waals surface area contributed by atoms with Gasteiger partial charge in [-0.3, -0.25) is 4.90 Å². The minimum Gasteiger partial charge on any atom is -0.299 e. The standard InChI is InChI=1S/C15H33N.CH4/c1-13(2)11-9-7-8-10-12-16(14(3)4)15(5)6;/h13-15H,7-12H2,1-6H3;1H4. The lowest BCUT2D eigenvalue weighted by atomic mass is 10.0. The van der Waals surface area contributed by atoms with E-state index in [4.69, 9.17) is 0 Å². The second-order valence-corrected chi connectivity index (χ2v) is 6.02. The topological polar surface area (TPSA) is 3.24 Å². The first-order chi connectivity index (χ1) is 7.45. The van der Waals surface area contributed by atoms with E-state index in [1.54, 1.807) is 0 Å². The maximum absolute atomic E-state index is 2.60. The van der Waals surface area contributed by atoms with Crippen molar-refractivity contribution >= 4 is 0 Å². The van der Waals surface area contributed by atoms with Gasteiger partial charge in [0.2, 0.25) is 0 Å². The molecule has 0 rings (SSSR count). The van der Waals surface area contributed by atoms with E-state index in [9.17, 15) is 0 Å². The molecule has 0 N–H and O–H groups in total. The molecule has 0 bridgehead atoms. The van der Waals surface area contributed by atoms with Crippen molar-refractivity contribution in [3.8, 4) is 0 Å². The molecule has 1 heteroatoms. The molecule has 0 unspecified atom stereocenters. The van der Waals surface area contributed by atoms with Crippen LogP contribution in [0, 0.1) is 5.92 Å². The van der Waals surface area contributed by atoms with Gasteiger partial charge in [-0.25, -0.2) is 0 Å². The first-order valence-electron chi connectivity index (χ1n) is 7.20. The maximum Gasteiger partial charge on any atom is 0.00412 e. The number of rotatable bonds is 9. The Morgan fingerprint density at radius 3 is 1.59 bits per heavy atom. The van der Waals surface area contributed by atoms with Crippen molar-refractivity contribution in [1.29, 1.82) is 0 Å². The average molecular weight is 243 g/mol. The van der Waals surface area contributed by atoms with Crippen LogP contribution in [0.3, 0.4) is 0 Å². The lowest BCUT2D eigenvalue weighted by Gasteiger charge is -2.30. The lowest BCUT2D eigenvalue weighted by molar-refractivity contribution is 0.171. The highest BCUT2D eigenvalue weighted by Gasteiger charge is 2.11. The van der Waals surface area contributed by atoms with Crippen LogP contribution in [-0.4, -0.2) is 23.5 Å². The predicted molar refractivity (Wildman–Crippen MR) is 81.6 cm³/mol. The van der Waals surface area contributed by atoms with Gasteiger partial charge in [-0.2, -0.15) is 0 Å². The molecule has 0 spiro atoms. The summed E-state index contributed by atoms with van der Waals surface area (Å²) in [5.74, 6) is 0.878. The van der Waals surface area contributed by atoms with Gasteiger partial charge in [0.1, 0.15) is 0 Å². The second kappa shape index (κ2) is 11.1. The summed E-state index contributed by atoms with van der Waals surface area (Å²) in [5.41, 5.74) is 0. The highest BCUT2D eigenvalue weighted by atomic mass is 15.2. The highest BCUT2D eigenvalue weighted by Crippen LogP contribution is 2.11. The molecule has 106 valence electrons. The van der Waals surface area contributed by atoms with Crippen LogP contribution >= 0.6 is 0 Å². The molecule has 0 radical (unpaired) electrons. The van der Waals surface area contributed by atoms with E-state index in [0.717, 1.165) is 5.92 Å². The van der Waals surface area contributed by atoms with Gasteiger partial charge in [0.15, 0.2) is 0 Å². The SMILES string of the molecule is C.CC(C)CCCCCCN(C(C)C)C(C)C. The molecule has 0 fully saturated rings. The van der Waals surface area contributed by atoms with Crippen LogP contribution in [0.2, 0.25) is 0 Å². The fraction of sp³-hybridized carbons (Fsp3) is 1.00. The molecule has 0 heterocycles. The first kappa shape index (κ1) is 19.3. The van der Waals surface area contributed by atoms with Gasteiger partial charge in [0.25, 0.3) is 0 Å². The van der Waals surface area contributed by atoms with Gasteiger partial charge in [-0.15, -0.1) is 0 Å². The zero-order valence-electron chi connectivity index (χ0n) is 12.4. The van der Waals surface area contributed by atoms with E-state index >= 15 is 0 Å². The summed E-state index contributed by atoms with van der Waals surface area (Å²) < 4.78 is 0. The molecule has 0 aliphatic carbocycles. The summed E-state index contributed by atoms with van der Waals surface area (Å²) in [6.45, 7) is 15.1. The van der Waals surface area contributed by atoms with E-state index in [1.165, 1.54) is 38.6 Å². The maximum atomic E-state index is 2.60. The van der Waals surface area contributed by atoms with Gasteiger partial charge < -0.3 is 0 Å². The minimum atomic E-state index is 0. The summed E-state index contributed by atoms with van der Waals surface area (Å²) in [7, 11) is 0. The van der Waals surface area contributed by atoms with Crippen molar-refractivity contribution < 1.29 is 0 Å². The Hall–Kier alpha value is -0.0400. The smallest absolute Gasteiger partial charge is 0.00412 e. The van der Waals surface area contributed by atoms with E-state index in [0.29, 0.717) is 12.1 Å². The average Bonchev–Trinajstić information content (AvgIpc) is 2.14. The molecule has 0 aliphatic rings. The molecule has 1 nitrogen and oxygen atoms in total.